The smallest absolute Gasteiger partial charge is 0.0447 e. The average molecular weight is 228 g/mol. The molecule has 0 aromatic heterocycles. The third-order valence-electron chi connectivity index (χ3n) is 3.60. The van der Waals surface area contributed by atoms with Crippen LogP contribution in [-0.4, -0.2) is 53.7 Å². The van der Waals surface area contributed by atoms with Crippen molar-refractivity contribution >= 4 is 11.8 Å². The third kappa shape index (κ3) is 3.65. The minimum atomic E-state index is 0.902. The lowest BCUT2D eigenvalue weighted by atomic mass is 10.1. The van der Waals surface area contributed by atoms with Gasteiger partial charge in [0.1, 0.15) is 0 Å². The van der Waals surface area contributed by atoms with E-state index in [9.17, 15) is 0 Å². The van der Waals surface area contributed by atoms with Crippen LogP contribution in [0.5, 0.6) is 0 Å². The number of hydrogen-bond acceptors (Lipinski definition) is 3. The van der Waals surface area contributed by atoms with Crippen molar-refractivity contribution in [3.63, 3.8) is 0 Å². The molecule has 2 rings (SSSR count). The highest BCUT2D eigenvalue weighted by molar-refractivity contribution is 7.99. The zero-order chi connectivity index (χ0) is 10.5. The van der Waals surface area contributed by atoms with Gasteiger partial charge in [0.05, 0.1) is 0 Å². The summed E-state index contributed by atoms with van der Waals surface area (Å²) >= 11 is 2.20. The summed E-state index contributed by atoms with van der Waals surface area (Å²) in [5.41, 5.74) is 0. The zero-order valence-electron chi connectivity index (χ0n) is 9.95. The van der Waals surface area contributed by atoms with Crippen molar-refractivity contribution in [2.24, 2.45) is 0 Å². The van der Waals surface area contributed by atoms with Crippen LogP contribution in [0.25, 0.3) is 0 Å². The Balaban J connectivity index is 1.65. The molecule has 0 spiro atoms. The molecule has 2 nitrogen and oxygen atoms in total. The maximum absolute atomic E-state index is 2.62. The molecule has 0 aromatic carbocycles. The maximum Gasteiger partial charge on any atom is 0.0447 e. The first kappa shape index (κ1) is 11.7. The Morgan fingerprint density at radius 2 is 1.80 bits per heavy atom. The Labute approximate surface area is 98.4 Å². The van der Waals surface area contributed by atoms with Crippen LogP contribution in [-0.2, 0) is 0 Å². The van der Waals surface area contributed by atoms with Gasteiger partial charge in [-0.25, -0.2) is 0 Å². The first-order valence-corrected chi connectivity index (χ1v) is 7.49. The van der Waals surface area contributed by atoms with Crippen LogP contribution >= 0.6 is 11.8 Å². The fourth-order valence-corrected chi connectivity index (χ4v) is 3.89. The van der Waals surface area contributed by atoms with E-state index in [2.05, 4.69) is 28.5 Å². The van der Waals surface area contributed by atoms with Crippen LogP contribution in [0.15, 0.2) is 0 Å². The maximum atomic E-state index is 2.62. The van der Waals surface area contributed by atoms with Crippen LogP contribution < -0.4 is 0 Å². The summed E-state index contributed by atoms with van der Waals surface area (Å²) in [7, 11) is 0. The lowest BCUT2D eigenvalue weighted by molar-refractivity contribution is 0.245. The second kappa shape index (κ2) is 6.12. The van der Waals surface area contributed by atoms with E-state index in [-0.39, 0.29) is 0 Å². The molecule has 2 heterocycles. The molecule has 3 heteroatoms. The molecule has 2 saturated heterocycles. The fraction of sp³-hybridized carbons (Fsp3) is 1.00. The predicted molar refractivity (Wildman–Crippen MR) is 68.4 cm³/mol. The van der Waals surface area contributed by atoms with Crippen molar-refractivity contribution in [2.45, 2.75) is 37.9 Å². The van der Waals surface area contributed by atoms with E-state index in [1.807, 2.05) is 0 Å². The molecular formula is C12H24N2S. The fourth-order valence-electron chi connectivity index (χ4n) is 2.56. The topological polar surface area (TPSA) is 6.48 Å². The number of likely N-dealkylation sites (tertiary alicyclic amines) is 2. The molecule has 1 unspecified atom stereocenters. The number of piperidine rings is 1. The summed E-state index contributed by atoms with van der Waals surface area (Å²) in [4.78, 5) is 5.22. The van der Waals surface area contributed by atoms with Crippen LogP contribution in [0.1, 0.15) is 32.6 Å². The number of nitrogens with zero attached hydrogens (tertiary/aromatic N) is 2. The van der Waals surface area contributed by atoms with Crippen LogP contribution in [0.4, 0.5) is 0 Å². The SMILES string of the molecule is CCN1CCCC(SCN2CCCC2)C1. The largest absolute Gasteiger partial charge is 0.303 e. The van der Waals surface area contributed by atoms with Crippen molar-refractivity contribution in [3.05, 3.63) is 0 Å². The number of hydrogen-bond donors (Lipinski definition) is 0. The summed E-state index contributed by atoms with van der Waals surface area (Å²) in [6.07, 6.45) is 5.69. The quantitative estimate of drug-likeness (QED) is 0.729. The Hall–Kier alpha value is 0.270. The van der Waals surface area contributed by atoms with E-state index in [0.717, 1.165) is 5.25 Å². The highest BCUT2D eigenvalue weighted by Crippen LogP contribution is 2.24. The second-order valence-electron chi connectivity index (χ2n) is 4.78. The first-order valence-electron chi connectivity index (χ1n) is 6.45. The number of thioether (sulfide) groups is 1. The molecule has 88 valence electrons. The van der Waals surface area contributed by atoms with Crippen molar-refractivity contribution < 1.29 is 0 Å². The molecule has 0 aliphatic carbocycles. The van der Waals surface area contributed by atoms with E-state index in [4.69, 9.17) is 0 Å². The highest BCUT2D eigenvalue weighted by atomic mass is 32.2. The average Bonchev–Trinajstić information content (AvgIpc) is 2.79. The predicted octanol–water partition coefficient (Wildman–Crippen LogP) is 2.26. The molecule has 0 radical (unpaired) electrons. The van der Waals surface area contributed by atoms with Crippen molar-refractivity contribution in [1.29, 1.82) is 0 Å². The Kier molecular flexibility index (Phi) is 4.79. The third-order valence-corrected chi connectivity index (χ3v) is 4.97. The minimum absolute atomic E-state index is 0.902. The molecular weight excluding hydrogens is 204 g/mol. The van der Waals surface area contributed by atoms with Gasteiger partial charge in [-0.05, 0) is 51.9 Å². The molecule has 0 bridgehead atoms. The molecule has 0 amide bonds. The second-order valence-corrected chi connectivity index (χ2v) is 6.04. The number of rotatable bonds is 4. The molecule has 2 fully saturated rings. The molecule has 0 saturated carbocycles. The minimum Gasteiger partial charge on any atom is -0.303 e. The van der Waals surface area contributed by atoms with E-state index in [0.29, 0.717) is 0 Å². The normalized spacial score (nSPS) is 29.8. The first-order chi connectivity index (χ1) is 7.38. The Morgan fingerprint density at radius 1 is 1.07 bits per heavy atom. The van der Waals surface area contributed by atoms with Crippen LogP contribution in [0, 0.1) is 0 Å². The zero-order valence-corrected chi connectivity index (χ0v) is 10.8. The highest BCUT2D eigenvalue weighted by Gasteiger charge is 2.20. The van der Waals surface area contributed by atoms with Crippen LogP contribution in [0.2, 0.25) is 0 Å². The van der Waals surface area contributed by atoms with Crippen molar-refractivity contribution in [2.75, 3.05) is 38.6 Å². The van der Waals surface area contributed by atoms with E-state index in [1.165, 1.54) is 64.3 Å². The van der Waals surface area contributed by atoms with Gasteiger partial charge in [-0.1, -0.05) is 6.92 Å². The Morgan fingerprint density at radius 3 is 2.53 bits per heavy atom. The van der Waals surface area contributed by atoms with Gasteiger partial charge < -0.3 is 4.90 Å². The monoisotopic (exact) mass is 228 g/mol. The van der Waals surface area contributed by atoms with Gasteiger partial charge in [0.25, 0.3) is 0 Å². The van der Waals surface area contributed by atoms with Gasteiger partial charge in [0, 0.05) is 17.7 Å². The van der Waals surface area contributed by atoms with E-state index < -0.39 is 0 Å². The van der Waals surface area contributed by atoms with Gasteiger partial charge in [-0.3, -0.25) is 4.90 Å². The lowest BCUT2D eigenvalue weighted by Gasteiger charge is -2.32. The summed E-state index contributed by atoms with van der Waals surface area (Å²) in [6, 6.07) is 0. The summed E-state index contributed by atoms with van der Waals surface area (Å²) < 4.78 is 0. The van der Waals surface area contributed by atoms with Gasteiger partial charge in [-0.15, -0.1) is 11.8 Å². The molecule has 0 aromatic rings. The molecule has 0 N–H and O–H groups in total. The van der Waals surface area contributed by atoms with E-state index >= 15 is 0 Å². The summed E-state index contributed by atoms with van der Waals surface area (Å²) in [5.74, 6) is 1.28. The van der Waals surface area contributed by atoms with Crippen molar-refractivity contribution in [3.8, 4) is 0 Å². The Bertz CT molecular complexity index is 180. The van der Waals surface area contributed by atoms with Gasteiger partial charge in [0.15, 0.2) is 0 Å². The molecule has 15 heavy (non-hydrogen) atoms. The van der Waals surface area contributed by atoms with Gasteiger partial charge >= 0.3 is 0 Å². The lowest BCUT2D eigenvalue weighted by Crippen LogP contribution is -2.37. The molecule has 2 aliphatic heterocycles. The molecule has 2 aliphatic rings. The van der Waals surface area contributed by atoms with Gasteiger partial charge in [-0.2, -0.15) is 0 Å². The van der Waals surface area contributed by atoms with Gasteiger partial charge in [0.2, 0.25) is 0 Å². The van der Waals surface area contributed by atoms with Crippen LogP contribution in [0.3, 0.4) is 0 Å². The summed E-state index contributed by atoms with van der Waals surface area (Å²) in [6.45, 7) is 8.87. The van der Waals surface area contributed by atoms with Crippen molar-refractivity contribution in [1.82, 2.24) is 9.80 Å². The van der Waals surface area contributed by atoms with E-state index in [1.54, 1.807) is 0 Å². The summed E-state index contributed by atoms with van der Waals surface area (Å²) in [5, 5.41) is 0.902. The molecule has 1 atom stereocenters. The standard InChI is InChI=1S/C12H24N2S/c1-2-13-9-5-6-12(10-13)15-11-14-7-3-4-8-14/h12H,2-11H2,1H3.